The molecule has 140 heavy (non-hydrogen) atoms. The molecule has 23 heteroatoms. The lowest BCUT2D eigenvalue weighted by Gasteiger charge is -2.38. The first-order valence-corrected chi connectivity index (χ1v) is 52.8. The second-order valence-electron chi connectivity index (χ2n) is 44.6. The van der Waals surface area contributed by atoms with E-state index in [9.17, 15) is 33.6 Å². The van der Waals surface area contributed by atoms with Gasteiger partial charge in [-0.25, -0.2) is 0 Å². The van der Waals surface area contributed by atoms with Crippen LogP contribution in [0.4, 0.5) is 17.1 Å². The summed E-state index contributed by atoms with van der Waals surface area (Å²) in [7, 11) is 5.83. The lowest BCUT2D eigenvalue weighted by Crippen LogP contribution is -2.53. The summed E-state index contributed by atoms with van der Waals surface area (Å²) in [6.07, 6.45) is 13.9. The normalized spacial score (nSPS) is 18.4. The van der Waals surface area contributed by atoms with Crippen molar-refractivity contribution < 1.29 is 43.8 Å². The van der Waals surface area contributed by atoms with Crippen molar-refractivity contribution in [3.8, 4) is 0 Å². The highest BCUT2D eigenvalue weighted by molar-refractivity contribution is 9.10. The van der Waals surface area contributed by atoms with E-state index in [4.69, 9.17) is 52.9 Å². The van der Waals surface area contributed by atoms with E-state index in [0.717, 1.165) is 122 Å². The molecule has 0 bridgehead atoms. The quantitative estimate of drug-likeness (QED) is 0.0288. The minimum atomic E-state index is -1.01. The van der Waals surface area contributed by atoms with Crippen molar-refractivity contribution in [2.24, 2.45) is 45.3 Å². The largest absolute Gasteiger partial charge is 0.387 e. The maximum atomic E-state index is 13.4. The molecule has 10 aromatic rings. The van der Waals surface area contributed by atoms with Gasteiger partial charge in [0.2, 0.25) is 23.6 Å². The SMILES string of the molecule is CC(C)(C)C1CCN(Cc2ccc(CCl)cc2)CC1.CC(C)(C)C1CCN(Cc2ccc(Cc3ccc4c5c(cccc35)C(=O)N4)cc2)CC1.CC(C)(C)C1CCN(Cc2ccc(Cc3ccc4c5c(cccc35)C(=O)N4C3CCC(=O)NC3=O)cc2)CC1.CC(C)(C)C1CCNCC1.CC(C)(O)C(C)(C)O.ClCc1ccc(CCl)cc1.O=C1CCC(Br)C(=O)N1.[B]c1ccc2c3c(cccc13)C(=O)N2. The average Bonchev–Trinajstić information content (AvgIpc) is 1.58. The van der Waals surface area contributed by atoms with Crippen LogP contribution in [0.25, 0.3) is 32.3 Å². The Morgan fingerprint density at radius 3 is 1.04 bits per heavy atom. The molecular weight excluding hydrogens is 1870 g/mol. The van der Waals surface area contributed by atoms with Crippen molar-refractivity contribution in [1.82, 2.24) is 30.7 Å². The number of rotatable bonds is 15. The molecule has 2 radical (unpaired) electrons. The summed E-state index contributed by atoms with van der Waals surface area (Å²) < 4.78 is 0. The molecule has 10 aromatic carbocycles. The van der Waals surface area contributed by atoms with Crippen LogP contribution in [0.5, 0.6) is 0 Å². The van der Waals surface area contributed by atoms with Crippen LogP contribution >= 0.6 is 50.7 Å². The molecule has 6 fully saturated rings. The van der Waals surface area contributed by atoms with Crippen LogP contribution in [0.1, 0.15) is 275 Å². The number of anilines is 3. The maximum absolute atomic E-state index is 13.4. The molecule has 18 nitrogen and oxygen atoms in total. The van der Waals surface area contributed by atoms with Crippen molar-refractivity contribution in [3.05, 3.63) is 260 Å². The van der Waals surface area contributed by atoms with Gasteiger partial charge >= 0.3 is 0 Å². The van der Waals surface area contributed by atoms with Crippen LogP contribution in [-0.2, 0) is 69.3 Å². The molecule has 9 heterocycles. The molecule has 0 saturated carbocycles. The van der Waals surface area contributed by atoms with Gasteiger partial charge < -0.3 is 26.2 Å². The first kappa shape index (κ1) is 110. The van der Waals surface area contributed by atoms with E-state index in [1.807, 2.05) is 91.0 Å². The van der Waals surface area contributed by atoms with Gasteiger partial charge in [0, 0.05) is 94.3 Å². The Labute approximate surface area is 856 Å². The lowest BCUT2D eigenvalue weighted by molar-refractivity contribution is -0.135. The molecule has 9 aliphatic rings. The monoisotopic (exact) mass is 2020 g/mol. The van der Waals surface area contributed by atoms with Gasteiger partial charge in [-0.05, 0) is 311 Å². The number of imide groups is 2. The molecule has 19 rings (SSSR count). The summed E-state index contributed by atoms with van der Waals surface area (Å²) in [5, 5.41) is 38.0. The number of alkyl halides is 4. The highest BCUT2D eigenvalue weighted by atomic mass is 79.9. The molecule has 0 spiro atoms. The summed E-state index contributed by atoms with van der Waals surface area (Å²) in [5.74, 6) is 3.94. The number of likely N-dealkylation sites (tertiary alicyclic amines) is 3. The third-order valence-corrected chi connectivity index (χ3v) is 31.6. The van der Waals surface area contributed by atoms with Crippen LogP contribution in [0.2, 0.25) is 0 Å². The van der Waals surface area contributed by atoms with Gasteiger partial charge in [0.05, 0.1) is 21.7 Å². The van der Waals surface area contributed by atoms with Gasteiger partial charge in [0.1, 0.15) is 13.9 Å². The summed E-state index contributed by atoms with van der Waals surface area (Å²) in [6.45, 7) is 47.5. The number of hydrogen-bond acceptors (Lipinski definition) is 13. The molecule has 0 aromatic heterocycles. The van der Waals surface area contributed by atoms with Gasteiger partial charge in [-0.2, -0.15) is 0 Å². The van der Waals surface area contributed by atoms with Gasteiger partial charge in [-0.1, -0.05) is 256 Å². The fraction of sp³-hybridized carbons (Fsp3) is 0.479. The number of nitrogens with one attached hydrogen (secondary N) is 5. The Kier molecular flexibility index (Phi) is 38.0. The molecule has 2 atom stereocenters. The van der Waals surface area contributed by atoms with E-state index in [1.165, 1.54) is 148 Å². The molecule has 746 valence electrons. The lowest BCUT2D eigenvalue weighted by atomic mass is 9.75. The molecule has 7 amide bonds. The molecule has 6 saturated heterocycles. The zero-order chi connectivity index (χ0) is 101. The summed E-state index contributed by atoms with van der Waals surface area (Å²) in [6, 6.07) is 63.4. The van der Waals surface area contributed by atoms with Gasteiger partial charge in [0.25, 0.3) is 17.7 Å². The van der Waals surface area contributed by atoms with Crippen LogP contribution in [0.15, 0.2) is 188 Å². The first-order valence-electron chi connectivity index (χ1n) is 50.3. The molecular formula is C117H148BBrCl3N9O9. The summed E-state index contributed by atoms with van der Waals surface area (Å²) in [4.78, 5) is 91.6. The first-order chi connectivity index (χ1) is 66.2. The van der Waals surface area contributed by atoms with Gasteiger partial charge in [0.15, 0.2) is 0 Å². The zero-order valence-electron chi connectivity index (χ0n) is 85.3. The van der Waals surface area contributed by atoms with E-state index in [2.05, 4.69) is 237 Å². The van der Waals surface area contributed by atoms with Gasteiger partial charge in [-0.3, -0.25) is 63.8 Å². The average molecular weight is 2020 g/mol. The minimum Gasteiger partial charge on any atom is -0.387 e. The highest BCUT2D eigenvalue weighted by Gasteiger charge is 2.42. The van der Waals surface area contributed by atoms with Gasteiger partial charge in [-0.15, -0.1) is 34.8 Å². The maximum Gasteiger partial charge on any atom is 0.259 e. The smallest absolute Gasteiger partial charge is 0.259 e. The van der Waals surface area contributed by atoms with E-state index in [0.29, 0.717) is 75.2 Å². The number of hydrogen-bond donors (Lipinski definition) is 7. The van der Waals surface area contributed by atoms with E-state index in [-0.39, 0.29) is 46.7 Å². The highest BCUT2D eigenvalue weighted by Crippen LogP contribution is 2.44. The van der Waals surface area contributed by atoms with E-state index < -0.39 is 23.2 Å². The van der Waals surface area contributed by atoms with Crippen LogP contribution in [0, 0.1) is 45.3 Å². The summed E-state index contributed by atoms with van der Waals surface area (Å²) in [5.41, 5.74) is 17.8. The number of carbonyl (C=O) groups excluding carboxylic acids is 7. The number of carbonyl (C=O) groups is 7. The Balaban J connectivity index is 0.000000154. The molecule has 0 aliphatic carbocycles. The van der Waals surface area contributed by atoms with Crippen LogP contribution in [-0.4, -0.2) is 149 Å². The second-order valence-corrected chi connectivity index (χ2v) is 46.6. The topological polar surface area (TPSA) is 233 Å². The number of aliphatic hydroxyl groups is 2. The number of piperidine rings is 6. The van der Waals surface area contributed by atoms with Crippen molar-refractivity contribution in [2.45, 2.75) is 260 Å². The third-order valence-electron chi connectivity index (χ3n) is 29.8. The molecule has 7 N–H and O–H groups in total. The minimum absolute atomic E-state index is 0.00800. The van der Waals surface area contributed by atoms with Crippen LogP contribution < -0.4 is 36.9 Å². The number of nitrogens with zero attached hydrogens (tertiary/aromatic N) is 4. The Hall–Kier alpha value is -9.16. The number of amides is 7. The predicted octanol–water partition coefficient (Wildman–Crippen LogP) is 23.5. The number of benzene rings is 10. The Morgan fingerprint density at radius 2 is 0.686 bits per heavy atom. The van der Waals surface area contributed by atoms with Crippen molar-refractivity contribution in [3.63, 3.8) is 0 Å². The fourth-order valence-corrected chi connectivity index (χ4v) is 20.8. The van der Waals surface area contributed by atoms with Crippen LogP contribution in [0.3, 0.4) is 0 Å². The second kappa shape index (κ2) is 48.5. The molecule has 9 aliphatic heterocycles. The fourth-order valence-electron chi connectivity index (χ4n) is 19.9. The van der Waals surface area contributed by atoms with E-state index >= 15 is 0 Å². The standard InChI is InChI=1S/C33H37N3O3.C28H32N2O.C17H26ClN.C11H6BNO.C9H19N.C8H8Cl2.C6H14O2.C5H6BrNO2/c1-33(2,3)24-15-17-35(18-16-24)20-22-9-7-21(8-10-22)19-23-11-12-27-30-25(23)5-4-6-26(30)32(39)36(27)28-13-14-29(37)34-31(28)38;1-28(2,3)22-13-15-30(16-14-22)18-20-9-7-19(8-10-20)17-21-11-12-25-26-23(21)5-4-6-24(26)27(31)29-25;1-17(2,3)16-8-10-19(11-9-16)13-15-6-4-14(12-18)5-7-15;12-8-4-5-9-10-6(8)2-1-3-7(10)11(14)13-9;1-9(2,3)8-4-6-10-7-5-8;9-5-7-1-2-8(6-10)4-3-7;1-5(2,7)6(3,4)8;6-3-1-2-4(8)7-5(3)9/h4-12,24,28H,13-20H2,1-3H3,(H,34,37,38);4-12,22H,13-18H2,1-3H3,(H,29,31);4-7,16H,8-13H2,1-3H3;1-5H,(H,13,14);8,10H,4-7H2,1-3H3;1-4H,5-6H2;7-8H,1-4H3;3H,1-2H2,(H,7,8,9). The third kappa shape index (κ3) is 29.6. The predicted molar refractivity (Wildman–Crippen MR) is 581 cm³/mol. The Bertz CT molecular complexity index is 5890. The van der Waals surface area contributed by atoms with E-state index in [1.54, 1.807) is 32.6 Å². The molecule has 2 unspecified atom stereocenters. The van der Waals surface area contributed by atoms with Crippen molar-refractivity contribution in [2.75, 3.05) is 67.9 Å². The number of halogens is 4. The zero-order valence-corrected chi connectivity index (χ0v) is 89.1. The summed E-state index contributed by atoms with van der Waals surface area (Å²) >= 11 is 20.1. The Morgan fingerprint density at radius 1 is 0.357 bits per heavy atom. The van der Waals surface area contributed by atoms with Crippen molar-refractivity contribution >= 4 is 155 Å². The van der Waals surface area contributed by atoms with Crippen molar-refractivity contribution in [1.29, 1.82) is 0 Å².